The first kappa shape index (κ1) is 15.5. The number of nitrogens with one attached hydrogen (secondary N) is 1. The predicted molar refractivity (Wildman–Crippen MR) is 95.8 cm³/mol. The first-order valence-electron chi connectivity index (χ1n) is 6.85. The summed E-state index contributed by atoms with van der Waals surface area (Å²) in [6, 6.07) is 14.5. The summed E-state index contributed by atoms with van der Waals surface area (Å²) in [7, 11) is 1.57. The highest BCUT2D eigenvalue weighted by molar-refractivity contribution is 14.1. The predicted octanol–water partition coefficient (Wildman–Crippen LogP) is 2.76. The highest BCUT2D eigenvalue weighted by Crippen LogP contribution is 2.23. The van der Waals surface area contributed by atoms with Crippen LogP contribution in [0.5, 0.6) is 5.75 Å². The minimum atomic E-state index is -0.420. The van der Waals surface area contributed by atoms with E-state index in [9.17, 15) is 9.59 Å². The summed E-state index contributed by atoms with van der Waals surface area (Å²) >= 11 is 2.18. The minimum absolute atomic E-state index is 0.0943. The summed E-state index contributed by atoms with van der Waals surface area (Å²) in [4.78, 5) is 24.6. The topological polar surface area (TPSA) is 58.6 Å². The Morgan fingerprint density at radius 3 is 2.57 bits per heavy atom. The Labute approximate surface area is 147 Å². The van der Waals surface area contributed by atoms with Gasteiger partial charge in [-0.2, -0.15) is 0 Å². The number of nitrogens with zero attached hydrogens (tertiary/aromatic N) is 1. The quantitative estimate of drug-likeness (QED) is 0.472. The Hall–Kier alpha value is -2.35. The number of halogens is 1. The lowest BCUT2D eigenvalue weighted by Gasteiger charge is -2.14. The van der Waals surface area contributed by atoms with Gasteiger partial charge in [-0.25, -0.2) is 5.01 Å². The van der Waals surface area contributed by atoms with E-state index in [-0.39, 0.29) is 11.5 Å². The molecule has 1 aliphatic heterocycles. The standard InChI is InChI=1S/C17H13IN2O3/c1-23-14-4-2-3-11(9-14)10-15-16(21)19-20(17(15)22)13-7-5-12(18)6-8-13/h2-10H,1H3,(H,19,21)/b15-10-. The zero-order valence-electron chi connectivity index (χ0n) is 12.2. The molecule has 5 nitrogen and oxygen atoms in total. The minimum Gasteiger partial charge on any atom is -0.497 e. The third-order valence-corrected chi connectivity index (χ3v) is 4.10. The van der Waals surface area contributed by atoms with Crippen LogP contribution < -0.4 is 15.2 Å². The average Bonchev–Trinajstić information content (AvgIpc) is 2.84. The van der Waals surface area contributed by atoms with Crippen LogP contribution in [0.1, 0.15) is 5.56 Å². The van der Waals surface area contributed by atoms with Crippen molar-refractivity contribution in [1.29, 1.82) is 0 Å². The number of ether oxygens (including phenoxy) is 1. The van der Waals surface area contributed by atoms with Crippen molar-refractivity contribution in [2.45, 2.75) is 0 Å². The van der Waals surface area contributed by atoms with E-state index < -0.39 is 5.91 Å². The van der Waals surface area contributed by atoms with Crippen molar-refractivity contribution in [2.24, 2.45) is 0 Å². The maximum atomic E-state index is 12.5. The molecule has 2 aromatic carbocycles. The van der Waals surface area contributed by atoms with E-state index in [1.165, 1.54) is 5.01 Å². The Kier molecular flexibility index (Phi) is 4.33. The lowest BCUT2D eigenvalue weighted by molar-refractivity contribution is -0.117. The third-order valence-electron chi connectivity index (χ3n) is 3.38. The summed E-state index contributed by atoms with van der Waals surface area (Å²) in [5, 5.41) is 1.25. The number of methoxy groups -OCH3 is 1. The normalized spacial score (nSPS) is 15.9. The Morgan fingerprint density at radius 2 is 1.87 bits per heavy atom. The Morgan fingerprint density at radius 1 is 1.13 bits per heavy atom. The number of benzene rings is 2. The molecule has 1 heterocycles. The van der Waals surface area contributed by atoms with E-state index in [1.807, 2.05) is 18.2 Å². The zero-order valence-corrected chi connectivity index (χ0v) is 14.4. The fourth-order valence-electron chi connectivity index (χ4n) is 2.23. The van der Waals surface area contributed by atoms with Crippen LogP contribution >= 0.6 is 22.6 Å². The molecule has 0 aliphatic carbocycles. The fraction of sp³-hybridized carbons (Fsp3) is 0.0588. The molecule has 0 radical (unpaired) electrons. The van der Waals surface area contributed by atoms with Crippen molar-refractivity contribution in [3.63, 3.8) is 0 Å². The molecule has 0 saturated carbocycles. The summed E-state index contributed by atoms with van der Waals surface area (Å²) in [5.74, 6) is -0.130. The summed E-state index contributed by atoms with van der Waals surface area (Å²) in [5.41, 5.74) is 4.03. The van der Waals surface area contributed by atoms with Gasteiger partial charge in [0.15, 0.2) is 0 Å². The van der Waals surface area contributed by atoms with Crippen molar-refractivity contribution < 1.29 is 14.3 Å². The first-order chi connectivity index (χ1) is 11.1. The number of anilines is 1. The maximum Gasteiger partial charge on any atom is 0.282 e. The largest absolute Gasteiger partial charge is 0.497 e. The molecule has 0 aromatic heterocycles. The van der Waals surface area contributed by atoms with Gasteiger partial charge in [-0.05, 0) is 70.6 Å². The van der Waals surface area contributed by atoms with Crippen molar-refractivity contribution >= 4 is 46.2 Å². The van der Waals surface area contributed by atoms with Gasteiger partial charge in [0.05, 0.1) is 12.8 Å². The SMILES string of the molecule is COc1cccc(/C=C2/C(=O)NN(c3ccc(I)cc3)C2=O)c1. The molecular formula is C17H13IN2O3. The zero-order chi connectivity index (χ0) is 16.4. The molecule has 0 bridgehead atoms. The van der Waals surface area contributed by atoms with Gasteiger partial charge in [0.2, 0.25) is 0 Å². The number of amides is 2. The van der Waals surface area contributed by atoms with Gasteiger partial charge in [-0.15, -0.1) is 0 Å². The molecule has 3 rings (SSSR count). The first-order valence-corrected chi connectivity index (χ1v) is 7.93. The second kappa shape index (κ2) is 6.41. The van der Waals surface area contributed by atoms with Gasteiger partial charge in [0.25, 0.3) is 11.8 Å². The Balaban J connectivity index is 1.91. The monoisotopic (exact) mass is 420 g/mol. The molecule has 1 N–H and O–H groups in total. The number of rotatable bonds is 3. The van der Waals surface area contributed by atoms with Crippen LogP contribution in [0.15, 0.2) is 54.1 Å². The average molecular weight is 420 g/mol. The molecule has 23 heavy (non-hydrogen) atoms. The lowest BCUT2D eigenvalue weighted by Crippen LogP contribution is -2.35. The van der Waals surface area contributed by atoms with Crippen LogP contribution in [-0.2, 0) is 9.59 Å². The second-order valence-electron chi connectivity index (χ2n) is 4.89. The van der Waals surface area contributed by atoms with Crippen LogP contribution in [0, 0.1) is 3.57 Å². The van der Waals surface area contributed by atoms with Gasteiger partial charge < -0.3 is 4.74 Å². The van der Waals surface area contributed by atoms with E-state index in [2.05, 4.69) is 28.0 Å². The van der Waals surface area contributed by atoms with Crippen LogP contribution in [0.2, 0.25) is 0 Å². The highest BCUT2D eigenvalue weighted by Gasteiger charge is 2.34. The number of carbonyl (C=O) groups is 2. The van der Waals surface area contributed by atoms with Gasteiger partial charge in [0, 0.05) is 3.57 Å². The van der Waals surface area contributed by atoms with Crippen molar-refractivity contribution in [1.82, 2.24) is 5.43 Å². The third kappa shape index (κ3) is 3.21. The van der Waals surface area contributed by atoms with Gasteiger partial charge >= 0.3 is 0 Å². The lowest BCUT2D eigenvalue weighted by atomic mass is 10.1. The van der Waals surface area contributed by atoms with Gasteiger partial charge in [-0.1, -0.05) is 12.1 Å². The summed E-state index contributed by atoms with van der Waals surface area (Å²) < 4.78 is 6.20. The smallest absolute Gasteiger partial charge is 0.282 e. The van der Waals surface area contributed by atoms with Crippen molar-refractivity contribution in [3.05, 3.63) is 63.2 Å². The molecule has 6 heteroatoms. The summed E-state index contributed by atoms with van der Waals surface area (Å²) in [6.07, 6.45) is 1.56. The van der Waals surface area contributed by atoms with E-state index in [1.54, 1.807) is 43.5 Å². The van der Waals surface area contributed by atoms with E-state index >= 15 is 0 Å². The molecular weight excluding hydrogens is 407 g/mol. The highest BCUT2D eigenvalue weighted by atomic mass is 127. The molecule has 0 unspecified atom stereocenters. The molecule has 0 spiro atoms. The van der Waals surface area contributed by atoms with Crippen LogP contribution in [-0.4, -0.2) is 18.9 Å². The molecule has 116 valence electrons. The molecule has 2 amide bonds. The molecule has 0 atom stereocenters. The summed E-state index contributed by atoms with van der Waals surface area (Å²) in [6.45, 7) is 0. The van der Waals surface area contributed by atoms with Crippen LogP contribution in [0.3, 0.4) is 0 Å². The maximum absolute atomic E-state index is 12.5. The van der Waals surface area contributed by atoms with Crippen molar-refractivity contribution in [2.75, 3.05) is 12.1 Å². The number of hydrazine groups is 1. The number of hydrogen-bond donors (Lipinski definition) is 1. The fourth-order valence-corrected chi connectivity index (χ4v) is 2.59. The Bertz CT molecular complexity index is 800. The number of hydrogen-bond acceptors (Lipinski definition) is 3. The van der Waals surface area contributed by atoms with E-state index in [0.29, 0.717) is 11.4 Å². The number of carbonyl (C=O) groups excluding carboxylic acids is 2. The van der Waals surface area contributed by atoms with Crippen LogP contribution in [0.25, 0.3) is 6.08 Å². The van der Waals surface area contributed by atoms with Gasteiger partial charge in [0.1, 0.15) is 11.3 Å². The van der Waals surface area contributed by atoms with Crippen molar-refractivity contribution in [3.8, 4) is 5.75 Å². The van der Waals surface area contributed by atoms with Gasteiger partial charge in [-0.3, -0.25) is 15.0 Å². The van der Waals surface area contributed by atoms with E-state index in [0.717, 1.165) is 9.13 Å². The second-order valence-corrected chi connectivity index (χ2v) is 6.14. The molecule has 1 saturated heterocycles. The molecule has 1 aliphatic rings. The van der Waals surface area contributed by atoms with E-state index in [4.69, 9.17) is 4.74 Å². The van der Waals surface area contributed by atoms with Crippen LogP contribution in [0.4, 0.5) is 5.69 Å². The molecule has 1 fully saturated rings. The molecule has 2 aromatic rings.